The Balaban J connectivity index is 1.77. The van der Waals surface area contributed by atoms with E-state index in [9.17, 15) is 9.59 Å². The largest absolute Gasteiger partial charge is 0.493 e. The summed E-state index contributed by atoms with van der Waals surface area (Å²) in [6.07, 6.45) is -0.913. The van der Waals surface area contributed by atoms with Crippen LogP contribution in [-0.2, 0) is 4.74 Å². The summed E-state index contributed by atoms with van der Waals surface area (Å²) in [5.74, 6) is 0.363. The number of ether oxygens (including phenoxy) is 4. The average Bonchev–Trinajstić information content (AvgIpc) is 2.66. The highest BCUT2D eigenvalue weighted by molar-refractivity contribution is 6.01. The maximum absolute atomic E-state index is 12.5. The van der Waals surface area contributed by atoms with Gasteiger partial charge in [-0.1, -0.05) is 29.8 Å². The number of esters is 1. The molecular weight excluding hydrogens is 336 g/mol. The van der Waals surface area contributed by atoms with Gasteiger partial charge in [-0.2, -0.15) is 0 Å². The third kappa shape index (κ3) is 3.64. The van der Waals surface area contributed by atoms with Crippen LogP contribution in [0.5, 0.6) is 17.2 Å². The summed E-state index contributed by atoms with van der Waals surface area (Å²) in [5.41, 5.74) is 1.78. The summed E-state index contributed by atoms with van der Waals surface area (Å²) in [5, 5.41) is 0. The number of carbonyl (C=O) groups is 2. The molecule has 1 aliphatic heterocycles. The predicted molar refractivity (Wildman–Crippen MR) is 94.4 cm³/mol. The molecule has 2 aromatic carbocycles. The van der Waals surface area contributed by atoms with Crippen LogP contribution in [0.1, 0.15) is 33.2 Å². The van der Waals surface area contributed by atoms with Gasteiger partial charge in [-0.05, 0) is 26.0 Å². The van der Waals surface area contributed by atoms with Crippen molar-refractivity contribution in [1.29, 1.82) is 0 Å². The zero-order valence-corrected chi connectivity index (χ0v) is 14.9. The first kappa shape index (κ1) is 17.8. The van der Waals surface area contributed by atoms with Gasteiger partial charge in [0, 0.05) is 5.56 Å². The van der Waals surface area contributed by atoms with E-state index < -0.39 is 12.1 Å². The van der Waals surface area contributed by atoms with E-state index in [1.165, 1.54) is 19.2 Å². The third-order valence-corrected chi connectivity index (χ3v) is 4.05. The van der Waals surface area contributed by atoms with Crippen LogP contribution < -0.4 is 14.2 Å². The summed E-state index contributed by atoms with van der Waals surface area (Å²) in [6.45, 7) is 4.29. The summed E-state index contributed by atoms with van der Waals surface area (Å²) in [6, 6.07) is 10.2. The molecule has 3 rings (SSSR count). The maximum atomic E-state index is 12.5. The minimum atomic E-state index is -0.913. The molecule has 1 heterocycles. The Morgan fingerprint density at radius 1 is 1.04 bits per heavy atom. The molecule has 0 bridgehead atoms. The number of carbonyl (C=O) groups excluding carboxylic acids is 2. The second-order valence-corrected chi connectivity index (χ2v) is 5.98. The van der Waals surface area contributed by atoms with Crippen LogP contribution >= 0.6 is 0 Å². The molecule has 0 fully saturated rings. The van der Waals surface area contributed by atoms with Crippen molar-refractivity contribution in [1.82, 2.24) is 0 Å². The van der Waals surface area contributed by atoms with Gasteiger partial charge in [-0.15, -0.1) is 0 Å². The number of hydrogen-bond donors (Lipinski definition) is 0. The highest BCUT2D eigenvalue weighted by Crippen LogP contribution is 2.40. The molecule has 26 heavy (non-hydrogen) atoms. The van der Waals surface area contributed by atoms with Crippen molar-refractivity contribution in [3.05, 3.63) is 53.1 Å². The van der Waals surface area contributed by atoms with E-state index in [1.807, 2.05) is 19.1 Å². The third-order valence-electron chi connectivity index (χ3n) is 4.05. The Kier molecular flexibility index (Phi) is 5.11. The van der Waals surface area contributed by atoms with E-state index in [0.717, 1.165) is 5.56 Å². The SMILES string of the molecule is COc1cc(C(=O)O[C@@H](C)C(=O)c2ccc(C)cc2)cc2c1OCCO2. The Morgan fingerprint density at radius 3 is 2.42 bits per heavy atom. The summed E-state index contributed by atoms with van der Waals surface area (Å²) < 4.78 is 21.6. The fourth-order valence-electron chi connectivity index (χ4n) is 2.63. The molecule has 136 valence electrons. The minimum absolute atomic E-state index is 0.231. The molecule has 6 nitrogen and oxygen atoms in total. The van der Waals surface area contributed by atoms with Gasteiger partial charge in [0.25, 0.3) is 0 Å². The van der Waals surface area contributed by atoms with Crippen LogP contribution in [0.4, 0.5) is 0 Å². The molecule has 0 N–H and O–H groups in total. The van der Waals surface area contributed by atoms with Crippen molar-refractivity contribution < 1.29 is 28.5 Å². The van der Waals surface area contributed by atoms with Crippen LogP contribution in [0.2, 0.25) is 0 Å². The second kappa shape index (κ2) is 7.47. The lowest BCUT2D eigenvalue weighted by Crippen LogP contribution is -2.24. The fraction of sp³-hybridized carbons (Fsp3) is 0.300. The molecule has 2 aromatic rings. The number of aryl methyl sites for hydroxylation is 1. The number of ketones is 1. The lowest BCUT2D eigenvalue weighted by molar-refractivity contribution is 0.0317. The van der Waals surface area contributed by atoms with Crippen LogP contribution in [0.15, 0.2) is 36.4 Å². The molecule has 0 saturated heterocycles. The molecule has 0 saturated carbocycles. The summed E-state index contributed by atoms with van der Waals surface area (Å²) >= 11 is 0. The number of benzene rings is 2. The summed E-state index contributed by atoms with van der Waals surface area (Å²) in [4.78, 5) is 24.9. The molecule has 0 aromatic heterocycles. The molecule has 0 amide bonds. The van der Waals surface area contributed by atoms with Crippen molar-refractivity contribution in [3.8, 4) is 17.2 Å². The first-order chi connectivity index (χ1) is 12.5. The van der Waals surface area contributed by atoms with Gasteiger partial charge in [-0.25, -0.2) is 4.79 Å². The molecule has 6 heteroatoms. The monoisotopic (exact) mass is 356 g/mol. The van der Waals surface area contributed by atoms with Crippen molar-refractivity contribution in [2.45, 2.75) is 20.0 Å². The molecule has 0 radical (unpaired) electrons. The zero-order chi connectivity index (χ0) is 18.7. The molecule has 0 spiro atoms. The number of hydrogen-bond acceptors (Lipinski definition) is 6. The van der Waals surface area contributed by atoms with E-state index in [1.54, 1.807) is 19.1 Å². The van der Waals surface area contributed by atoms with Crippen LogP contribution in [0, 0.1) is 6.92 Å². The average molecular weight is 356 g/mol. The highest BCUT2D eigenvalue weighted by Gasteiger charge is 2.24. The van der Waals surface area contributed by atoms with Crippen molar-refractivity contribution >= 4 is 11.8 Å². The number of Topliss-reactive ketones (excluding diaryl/α,β-unsaturated/α-hetero) is 1. The van der Waals surface area contributed by atoms with E-state index in [2.05, 4.69) is 0 Å². The molecule has 1 aliphatic rings. The standard InChI is InChI=1S/C20H20O6/c1-12-4-6-14(7-5-12)18(21)13(2)26-20(22)15-10-16(23-3)19-17(11-15)24-8-9-25-19/h4-7,10-11,13H,8-9H2,1-3H3/t13-/m0/s1. The molecule has 0 aliphatic carbocycles. The van der Waals surface area contributed by atoms with Crippen molar-refractivity contribution in [2.24, 2.45) is 0 Å². The Labute approximate surface area is 151 Å². The fourth-order valence-corrected chi connectivity index (χ4v) is 2.63. The first-order valence-electron chi connectivity index (χ1n) is 8.29. The van der Waals surface area contributed by atoms with Gasteiger partial charge in [-0.3, -0.25) is 4.79 Å². The zero-order valence-electron chi connectivity index (χ0n) is 14.9. The molecular formula is C20H20O6. The van der Waals surface area contributed by atoms with Gasteiger partial charge in [0.1, 0.15) is 13.2 Å². The van der Waals surface area contributed by atoms with Gasteiger partial charge in [0.2, 0.25) is 11.5 Å². The van der Waals surface area contributed by atoms with Gasteiger partial charge >= 0.3 is 5.97 Å². The topological polar surface area (TPSA) is 71.1 Å². The Morgan fingerprint density at radius 2 is 1.73 bits per heavy atom. The molecule has 0 unspecified atom stereocenters. The molecule has 1 atom stereocenters. The lowest BCUT2D eigenvalue weighted by atomic mass is 10.1. The Hall–Kier alpha value is -3.02. The van der Waals surface area contributed by atoms with Crippen LogP contribution in [-0.4, -0.2) is 38.2 Å². The smallest absolute Gasteiger partial charge is 0.339 e. The quantitative estimate of drug-likeness (QED) is 0.605. The predicted octanol–water partition coefficient (Wildman–Crippen LogP) is 3.20. The van der Waals surface area contributed by atoms with Gasteiger partial charge in [0.05, 0.1) is 12.7 Å². The Bertz CT molecular complexity index is 808. The first-order valence-corrected chi connectivity index (χ1v) is 8.29. The van der Waals surface area contributed by atoms with Crippen LogP contribution in [0.3, 0.4) is 0 Å². The highest BCUT2D eigenvalue weighted by atomic mass is 16.6. The number of fused-ring (bicyclic) bond motifs is 1. The normalized spacial score (nSPS) is 13.7. The number of methoxy groups -OCH3 is 1. The van der Waals surface area contributed by atoms with Crippen LogP contribution in [0.25, 0.3) is 0 Å². The van der Waals surface area contributed by atoms with E-state index in [-0.39, 0.29) is 11.3 Å². The van der Waals surface area contributed by atoms with E-state index in [4.69, 9.17) is 18.9 Å². The number of rotatable bonds is 5. The minimum Gasteiger partial charge on any atom is -0.493 e. The maximum Gasteiger partial charge on any atom is 0.339 e. The van der Waals surface area contributed by atoms with Crippen molar-refractivity contribution in [3.63, 3.8) is 0 Å². The van der Waals surface area contributed by atoms with Gasteiger partial charge in [0.15, 0.2) is 17.6 Å². The van der Waals surface area contributed by atoms with E-state index >= 15 is 0 Å². The van der Waals surface area contributed by atoms with Gasteiger partial charge < -0.3 is 18.9 Å². The lowest BCUT2D eigenvalue weighted by Gasteiger charge is -2.21. The second-order valence-electron chi connectivity index (χ2n) is 5.98. The van der Waals surface area contributed by atoms with Crippen molar-refractivity contribution in [2.75, 3.05) is 20.3 Å². The van der Waals surface area contributed by atoms with E-state index in [0.29, 0.717) is 36.0 Å². The summed E-state index contributed by atoms with van der Waals surface area (Å²) in [7, 11) is 1.48.